The number of halogens is 2. The van der Waals surface area contributed by atoms with Crippen LogP contribution in [0.5, 0.6) is 11.5 Å². The molecule has 0 bridgehead atoms. The molecule has 19 heteroatoms. The van der Waals surface area contributed by atoms with Crippen LogP contribution in [-0.2, 0) is 46.3 Å². The molecule has 17 nitrogen and oxygen atoms in total. The monoisotopic (exact) mass is 946 g/mol. The number of rotatable bonds is 23. The van der Waals surface area contributed by atoms with Gasteiger partial charge in [0.05, 0.1) is 6.04 Å². The second-order valence-corrected chi connectivity index (χ2v) is 18.9. The van der Waals surface area contributed by atoms with Crippen molar-refractivity contribution >= 4 is 64.8 Å². The number of carboxylic acids is 1. The van der Waals surface area contributed by atoms with E-state index in [1.54, 1.807) is 52.0 Å². The first kappa shape index (κ1) is 52.3. The number of likely N-dealkylation sites (N-methyl/N-ethyl adjacent to an activating group) is 2. The highest BCUT2D eigenvalue weighted by atomic mass is 35.5. The van der Waals surface area contributed by atoms with Crippen LogP contribution in [-0.4, -0.2) is 139 Å². The van der Waals surface area contributed by atoms with Crippen LogP contribution in [0.25, 0.3) is 0 Å². The Hall–Kier alpha value is -5.29. The van der Waals surface area contributed by atoms with E-state index in [4.69, 9.17) is 27.9 Å². The molecule has 2 heterocycles. The van der Waals surface area contributed by atoms with Crippen molar-refractivity contribution in [2.24, 2.45) is 11.8 Å². The Bertz CT molecular complexity index is 1970. The van der Waals surface area contributed by atoms with Gasteiger partial charge in [0.15, 0.2) is 0 Å². The van der Waals surface area contributed by atoms with Crippen molar-refractivity contribution in [1.29, 1.82) is 0 Å². The number of benzene rings is 2. The van der Waals surface area contributed by atoms with E-state index in [0.29, 0.717) is 36.8 Å². The number of carbonyl (C=O) groups is 7. The number of hydrogen-bond acceptors (Lipinski definition) is 10. The summed E-state index contributed by atoms with van der Waals surface area (Å²) in [7, 11) is 2.89. The molecule has 6 amide bonds. The topological polar surface area (TPSA) is 235 Å². The van der Waals surface area contributed by atoms with Gasteiger partial charge in [-0.1, -0.05) is 77.6 Å². The number of nitrogens with zero attached hydrogens (tertiary/aromatic N) is 3. The van der Waals surface area contributed by atoms with Gasteiger partial charge in [0.2, 0.25) is 29.7 Å². The number of alkyl carbamates (subject to hydrolysis) is 1. The minimum absolute atomic E-state index is 0.000564. The van der Waals surface area contributed by atoms with Gasteiger partial charge in [0, 0.05) is 33.5 Å². The number of phenols is 2. The maximum Gasteiger partial charge on any atom is 0.408 e. The van der Waals surface area contributed by atoms with Crippen molar-refractivity contribution in [3.05, 3.63) is 59.7 Å². The predicted molar refractivity (Wildman–Crippen MR) is 243 cm³/mol. The zero-order valence-electron chi connectivity index (χ0n) is 37.9. The largest absolute Gasteiger partial charge is 0.508 e. The molecule has 358 valence electrons. The van der Waals surface area contributed by atoms with Gasteiger partial charge in [-0.15, -0.1) is 23.2 Å². The van der Waals surface area contributed by atoms with Crippen LogP contribution in [0.3, 0.4) is 0 Å². The molecule has 2 aliphatic rings. The van der Waals surface area contributed by atoms with Crippen LogP contribution in [0.1, 0.15) is 90.2 Å². The fraction of sp³-hybridized carbons (Fsp3) is 0.587. The van der Waals surface area contributed by atoms with E-state index in [2.05, 4.69) is 16.0 Å². The lowest BCUT2D eigenvalue weighted by Crippen LogP contribution is -2.61. The number of carbonyl (C=O) groups excluding carboxylic acids is 6. The maximum atomic E-state index is 14.8. The first-order valence-corrected chi connectivity index (χ1v) is 23.1. The van der Waals surface area contributed by atoms with Crippen molar-refractivity contribution in [3.63, 3.8) is 0 Å². The molecule has 2 saturated heterocycles. The van der Waals surface area contributed by atoms with Gasteiger partial charge in [-0.2, -0.15) is 0 Å². The van der Waals surface area contributed by atoms with Gasteiger partial charge in [-0.25, -0.2) is 9.59 Å². The van der Waals surface area contributed by atoms with E-state index in [-0.39, 0.29) is 37.3 Å². The fourth-order valence-corrected chi connectivity index (χ4v) is 8.68. The summed E-state index contributed by atoms with van der Waals surface area (Å²) in [5.41, 5.74) is 1.15. The number of hydrogen-bond donors (Lipinski definition) is 6. The van der Waals surface area contributed by atoms with Crippen LogP contribution in [0.2, 0.25) is 0 Å². The minimum atomic E-state index is -1.34. The SMILES string of the molecule is CC(C)[C@H](NC(=O)[C@H]1OC(=O)N[C@H]1CCCCCCC(Cl)Cl)C(=O)N(C)[C@H](C(=O)N(C)[C@@H](Cc1ccc(O)cc1)C(=O)N1CCC[C@H]1C(=O)N[C@@H](Cc1ccc(O)cc1)C(=O)O)C(C)C. The number of unbranched alkanes of at least 4 members (excludes halogenated alkanes) is 3. The molecule has 4 rings (SSSR count). The molecule has 0 spiro atoms. The van der Waals surface area contributed by atoms with E-state index < -0.39 is 101 Å². The summed E-state index contributed by atoms with van der Waals surface area (Å²) >= 11 is 11.6. The molecule has 2 aromatic rings. The summed E-state index contributed by atoms with van der Waals surface area (Å²) in [6.07, 6.45) is 2.98. The minimum Gasteiger partial charge on any atom is -0.508 e. The Labute approximate surface area is 390 Å². The van der Waals surface area contributed by atoms with Gasteiger partial charge < -0.3 is 50.7 Å². The van der Waals surface area contributed by atoms with Gasteiger partial charge >= 0.3 is 12.1 Å². The maximum absolute atomic E-state index is 14.8. The Morgan fingerprint density at radius 1 is 0.800 bits per heavy atom. The van der Waals surface area contributed by atoms with E-state index >= 15 is 0 Å². The van der Waals surface area contributed by atoms with Gasteiger partial charge in [0.1, 0.15) is 46.5 Å². The van der Waals surface area contributed by atoms with E-state index in [1.807, 2.05) is 0 Å². The first-order chi connectivity index (χ1) is 30.7. The van der Waals surface area contributed by atoms with Crippen LogP contribution in [0.4, 0.5) is 4.79 Å². The van der Waals surface area contributed by atoms with Crippen molar-refractivity contribution in [2.75, 3.05) is 20.6 Å². The fourth-order valence-electron chi connectivity index (χ4n) is 8.38. The molecule has 2 aromatic carbocycles. The summed E-state index contributed by atoms with van der Waals surface area (Å²) in [6, 6.07) is 5.53. The van der Waals surface area contributed by atoms with Gasteiger partial charge in [-0.3, -0.25) is 24.0 Å². The summed E-state index contributed by atoms with van der Waals surface area (Å²) in [6.45, 7) is 7.11. The summed E-state index contributed by atoms with van der Waals surface area (Å²) in [4.78, 5) is 99.4. The third kappa shape index (κ3) is 14.6. The van der Waals surface area contributed by atoms with Crippen LogP contribution in [0.15, 0.2) is 48.5 Å². The Morgan fingerprint density at radius 3 is 1.94 bits per heavy atom. The highest BCUT2D eigenvalue weighted by molar-refractivity contribution is 6.44. The second kappa shape index (κ2) is 24.3. The highest BCUT2D eigenvalue weighted by Crippen LogP contribution is 2.26. The average molecular weight is 948 g/mol. The molecule has 7 atom stereocenters. The normalized spacial score (nSPS) is 19.0. The zero-order valence-corrected chi connectivity index (χ0v) is 39.4. The number of nitrogens with one attached hydrogen (secondary N) is 3. The Balaban J connectivity index is 1.53. The lowest BCUT2D eigenvalue weighted by Gasteiger charge is -2.39. The number of aromatic hydroxyl groups is 2. The molecule has 65 heavy (non-hydrogen) atoms. The summed E-state index contributed by atoms with van der Waals surface area (Å²) in [5.74, 6) is -5.35. The van der Waals surface area contributed by atoms with Crippen molar-refractivity contribution in [3.8, 4) is 11.5 Å². The number of aliphatic carboxylic acids is 1. The summed E-state index contributed by atoms with van der Waals surface area (Å²) < 4.78 is 5.36. The Morgan fingerprint density at radius 2 is 1.38 bits per heavy atom. The molecule has 0 aliphatic carbocycles. The predicted octanol–water partition coefficient (Wildman–Crippen LogP) is 4.52. The molecule has 2 aliphatic heterocycles. The third-order valence-electron chi connectivity index (χ3n) is 12.0. The molecule has 6 N–H and O–H groups in total. The lowest BCUT2D eigenvalue weighted by molar-refractivity contribution is -0.154. The summed E-state index contributed by atoms with van der Waals surface area (Å²) in [5, 5.41) is 37.7. The quantitative estimate of drug-likeness (QED) is 0.0670. The van der Waals surface area contributed by atoms with E-state index in [9.17, 15) is 48.9 Å². The molecule has 2 fully saturated rings. The smallest absolute Gasteiger partial charge is 0.408 e. The molecule has 0 saturated carbocycles. The van der Waals surface area contributed by atoms with Gasteiger partial charge in [0.25, 0.3) is 5.91 Å². The number of alkyl halides is 2. The highest BCUT2D eigenvalue weighted by Gasteiger charge is 2.45. The zero-order chi connectivity index (χ0) is 48.1. The van der Waals surface area contributed by atoms with Crippen molar-refractivity contribution in [1.82, 2.24) is 30.7 Å². The number of ether oxygens (including phenoxy) is 1. The van der Waals surface area contributed by atoms with E-state index in [0.717, 1.165) is 19.3 Å². The van der Waals surface area contributed by atoms with Crippen LogP contribution >= 0.6 is 23.2 Å². The van der Waals surface area contributed by atoms with Crippen molar-refractivity contribution in [2.45, 2.75) is 139 Å². The molecular formula is C46H64Cl2N6O11. The number of cyclic esters (lactones) is 1. The number of phenolic OH excluding ortho intramolecular Hbond substituents is 2. The molecular weight excluding hydrogens is 883 g/mol. The third-order valence-corrected chi connectivity index (χ3v) is 12.5. The lowest BCUT2D eigenvalue weighted by atomic mass is 9.95. The van der Waals surface area contributed by atoms with Crippen LogP contribution < -0.4 is 16.0 Å². The standard InChI is InChI=1S/C46H64Cl2N6O11/c1-26(2)37(51-41(58)39-32(50-46(64)65-39)12-9-7-8-10-14-36(47)48)43(60)53(6)38(27(3)4)44(61)52(5)35(25-29-17-21-31(56)22-18-29)42(59)54-23-11-13-34(54)40(57)49-33(45(62)63)24-28-15-19-30(55)20-16-28/h15-22,26-27,32-39,55-56H,7-14,23-25H2,1-6H3,(H,49,57)(H,50,64)(H,51,58)(H,62,63)/t32-,33-,34-,35-,37-,38-,39-/m0/s1. The molecule has 0 aromatic heterocycles. The van der Waals surface area contributed by atoms with Gasteiger partial charge in [-0.05, 0) is 72.9 Å². The van der Waals surface area contributed by atoms with E-state index in [1.165, 1.54) is 53.1 Å². The average Bonchev–Trinajstić information content (AvgIpc) is 3.90. The number of carboxylic acid groups (broad SMARTS) is 1. The number of amides is 6. The first-order valence-electron chi connectivity index (χ1n) is 22.2. The van der Waals surface area contributed by atoms with Crippen molar-refractivity contribution < 1.29 is 53.6 Å². The number of likely N-dealkylation sites (tertiary alicyclic amines) is 1. The Kier molecular flexibility index (Phi) is 19.6. The second-order valence-electron chi connectivity index (χ2n) is 17.6. The van der Waals surface area contributed by atoms with Crippen LogP contribution in [0, 0.1) is 11.8 Å². The molecule has 0 radical (unpaired) electrons. The molecule has 0 unspecified atom stereocenters.